The second kappa shape index (κ2) is 5.34. The Hall–Kier alpha value is -2.54. The van der Waals surface area contributed by atoms with E-state index in [-0.39, 0.29) is 5.69 Å². The molecule has 0 radical (unpaired) electrons. The smallest absolute Gasteiger partial charge is 0.271 e. The van der Waals surface area contributed by atoms with Crippen molar-refractivity contribution in [2.75, 3.05) is 5.32 Å². The quantitative estimate of drug-likeness (QED) is 0.577. The van der Waals surface area contributed by atoms with Crippen molar-refractivity contribution in [1.29, 1.82) is 0 Å². The number of nitrogens with one attached hydrogen (secondary N) is 1. The lowest BCUT2D eigenvalue weighted by Crippen LogP contribution is -1.99. The maximum Gasteiger partial charge on any atom is 0.271 e. The van der Waals surface area contributed by atoms with Crippen LogP contribution in [0.3, 0.4) is 0 Å². The van der Waals surface area contributed by atoms with Crippen LogP contribution < -0.4 is 5.32 Å². The summed E-state index contributed by atoms with van der Waals surface area (Å²) in [7, 11) is 0. The Morgan fingerprint density at radius 1 is 1.23 bits per heavy atom. The van der Waals surface area contributed by atoms with Crippen LogP contribution in [0.1, 0.15) is 16.0 Å². The number of benzene rings is 1. The second-order valence-corrected chi connectivity index (χ2v) is 6.27. The van der Waals surface area contributed by atoms with Gasteiger partial charge in [0.05, 0.1) is 10.3 Å². The first-order valence-corrected chi connectivity index (χ1v) is 7.52. The first-order chi connectivity index (χ1) is 10.5. The number of hydrogen-bond donors (Lipinski definition) is 1. The van der Waals surface area contributed by atoms with Crippen molar-refractivity contribution in [1.82, 2.24) is 9.97 Å². The Balaban J connectivity index is 2.11. The minimum absolute atomic E-state index is 0.0524. The van der Waals surface area contributed by atoms with Crippen LogP contribution in [0.4, 0.5) is 17.2 Å². The lowest BCUT2D eigenvalue weighted by atomic mass is 10.1. The molecule has 1 N–H and O–H groups in total. The number of hydrogen-bond acceptors (Lipinski definition) is 6. The highest BCUT2D eigenvalue weighted by atomic mass is 32.1. The van der Waals surface area contributed by atoms with Crippen molar-refractivity contribution in [2.24, 2.45) is 0 Å². The molecule has 0 unspecified atom stereocenters. The van der Waals surface area contributed by atoms with Crippen LogP contribution in [0.25, 0.3) is 10.2 Å². The molecule has 0 saturated carbocycles. The minimum atomic E-state index is -0.403. The molecule has 0 fully saturated rings. The van der Waals surface area contributed by atoms with E-state index in [1.54, 1.807) is 17.4 Å². The number of nitrogens with zero attached hydrogens (tertiary/aromatic N) is 3. The van der Waals surface area contributed by atoms with E-state index < -0.39 is 4.92 Å². The zero-order valence-electron chi connectivity index (χ0n) is 12.4. The van der Waals surface area contributed by atoms with Gasteiger partial charge in [-0.25, -0.2) is 9.97 Å². The largest absolute Gasteiger partial charge is 0.339 e. The van der Waals surface area contributed by atoms with Gasteiger partial charge >= 0.3 is 0 Å². The normalized spacial score (nSPS) is 10.9. The molecular weight excluding hydrogens is 300 g/mol. The summed E-state index contributed by atoms with van der Waals surface area (Å²) in [5.41, 5.74) is 2.78. The van der Waals surface area contributed by atoms with Crippen LogP contribution in [0.5, 0.6) is 0 Å². The van der Waals surface area contributed by atoms with Gasteiger partial charge in [0.1, 0.15) is 17.0 Å². The van der Waals surface area contributed by atoms with Gasteiger partial charge < -0.3 is 5.32 Å². The number of thiophene rings is 1. The molecule has 22 heavy (non-hydrogen) atoms. The van der Waals surface area contributed by atoms with Crippen LogP contribution in [-0.4, -0.2) is 14.9 Å². The van der Waals surface area contributed by atoms with E-state index in [0.29, 0.717) is 11.5 Å². The third-order valence-corrected chi connectivity index (χ3v) is 4.77. The van der Waals surface area contributed by atoms with Crippen LogP contribution in [0.2, 0.25) is 0 Å². The highest BCUT2D eigenvalue weighted by Crippen LogP contribution is 2.34. The third kappa shape index (κ3) is 2.39. The van der Waals surface area contributed by atoms with Gasteiger partial charge in [0, 0.05) is 22.7 Å². The molecule has 0 atom stereocenters. The van der Waals surface area contributed by atoms with E-state index in [2.05, 4.69) is 15.3 Å². The van der Waals surface area contributed by atoms with E-state index in [4.69, 9.17) is 0 Å². The van der Waals surface area contributed by atoms with Crippen LogP contribution in [0.15, 0.2) is 24.5 Å². The predicted octanol–water partition coefficient (Wildman–Crippen LogP) is 4.27. The molecular formula is C15H14N4O2S. The summed E-state index contributed by atoms with van der Waals surface area (Å²) in [5.74, 6) is 0.676. The first-order valence-electron chi connectivity index (χ1n) is 6.70. The summed E-state index contributed by atoms with van der Waals surface area (Å²) in [6.07, 6.45) is 1.51. The second-order valence-electron chi connectivity index (χ2n) is 5.07. The first kappa shape index (κ1) is 14.4. The molecule has 7 heteroatoms. The topological polar surface area (TPSA) is 81.0 Å². The van der Waals surface area contributed by atoms with Crippen molar-refractivity contribution in [3.8, 4) is 0 Å². The molecule has 0 aliphatic rings. The molecule has 1 aromatic carbocycles. The molecule has 112 valence electrons. The minimum Gasteiger partial charge on any atom is -0.339 e. The van der Waals surface area contributed by atoms with E-state index in [1.165, 1.54) is 23.3 Å². The number of nitro groups is 1. The maximum atomic E-state index is 10.9. The number of non-ortho nitro benzene ring substituents is 1. The zero-order valence-corrected chi connectivity index (χ0v) is 13.2. The highest BCUT2D eigenvalue weighted by Gasteiger charge is 2.14. The Morgan fingerprint density at radius 2 is 2.00 bits per heavy atom. The summed E-state index contributed by atoms with van der Waals surface area (Å²) in [6.45, 7) is 5.98. The number of nitro benzene ring substituents is 1. The molecule has 6 nitrogen and oxygen atoms in total. The van der Waals surface area contributed by atoms with Crippen molar-refractivity contribution in [3.05, 3.63) is 50.6 Å². The number of rotatable bonds is 3. The van der Waals surface area contributed by atoms with E-state index in [0.717, 1.165) is 21.3 Å². The lowest BCUT2D eigenvalue weighted by Gasteiger charge is -2.10. The van der Waals surface area contributed by atoms with Gasteiger partial charge in [0.25, 0.3) is 5.69 Å². The van der Waals surface area contributed by atoms with Gasteiger partial charge in [0.15, 0.2) is 0 Å². The molecule has 0 amide bonds. The molecule has 0 saturated heterocycles. The van der Waals surface area contributed by atoms with E-state index in [9.17, 15) is 10.1 Å². The fourth-order valence-electron chi connectivity index (χ4n) is 2.26. The van der Waals surface area contributed by atoms with Gasteiger partial charge in [-0.3, -0.25) is 10.1 Å². The van der Waals surface area contributed by atoms with Gasteiger partial charge in [-0.05, 0) is 31.9 Å². The Bertz CT molecular complexity index is 889. The summed E-state index contributed by atoms with van der Waals surface area (Å²) >= 11 is 1.62. The van der Waals surface area contributed by atoms with Crippen molar-refractivity contribution in [3.63, 3.8) is 0 Å². The molecule has 0 aliphatic carbocycles. The molecule has 3 aromatic rings. The Kier molecular flexibility index (Phi) is 3.50. The molecule has 2 aromatic heterocycles. The fraction of sp³-hybridized carbons (Fsp3) is 0.200. The third-order valence-electron chi connectivity index (χ3n) is 3.65. The molecule has 0 bridgehead atoms. The van der Waals surface area contributed by atoms with Gasteiger partial charge in [-0.15, -0.1) is 11.3 Å². The van der Waals surface area contributed by atoms with Crippen molar-refractivity contribution < 1.29 is 4.92 Å². The number of fused-ring (bicyclic) bond motifs is 1. The molecule has 3 rings (SSSR count). The summed E-state index contributed by atoms with van der Waals surface area (Å²) < 4.78 is 0. The summed E-state index contributed by atoms with van der Waals surface area (Å²) in [6, 6.07) is 4.75. The fourth-order valence-corrected chi connectivity index (χ4v) is 3.26. The van der Waals surface area contributed by atoms with Crippen molar-refractivity contribution in [2.45, 2.75) is 20.8 Å². The summed E-state index contributed by atoms with van der Waals surface area (Å²) in [4.78, 5) is 21.2. The molecule has 0 spiro atoms. The predicted molar refractivity (Wildman–Crippen MR) is 88.0 cm³/mol. The van der Waals surface area contributed by atoms with Gasteiger partial charge in [-0.1, -0.05) is 6.07 Å². The van der Waals surface area contributed by atoms with Crippen LogP contribution in [-0.2, 0) is 0 Å². The SMILES string of the molecule is Cc1ccc([N+](=O)[O-])cc1Nc1ncnc2sc(C)c(C)c12. The maximum absolute atomic E-state index is 10.9. The monoisotopic (exact) mass is 314 g/mol. The van der Waals surface area contributed by atoms with E-state index in [1.807, 2.05) is 20.8 Å². The van der Waals surface area contributed by atoms with Crippen molar-refractivity contribution >= 4 is 38.7 Å². The molecule has 2 heterocycles. The number of aryl methyl sites for hydroxylation is 3. The highest BCUT2D eigenvalue weighted by molar-refractivity contribution is 7.18. The molecule has 0 aliphatic heterocycles. The number of anilines is 2. The summed E-state index contributed by atoms with van der Waals surface area (Å²) in [5, 5.41) is 15.1. The Morgan fingerprint density at radius 3 is 2.73 bits per heavy atom. The van der Waals surface area contributed by atoms with E-state index >= 15 is 0 Å². The average molecular weight is 314 g/mol. The van der Waals surface area contributed by atoms with Gasteiger partial charge in [-0.2, -0.15) is 0 Å². The lowest BCUT2D eigenvalue weighted by molar-refractivity contribution is -0.384. The van der Waals surface area contributed by atoms with Crippen LogP contribution in [0, 0.1) is 30.9 Å². The zero-order chi connectivity index (χ0) is 15.9. The number of aromatic nitrogens is 2. The average Bonchev–Trinajstić information content (AvgIpc) is 2.77. The Labute approximate surface area is 131 Å². The standard InChI is InChI=1S/C15H14N4O2S/c1-8-4-5-11(19(20)21)6-12(8)18-14-13-9(2)10(3)22-15(13)17-7-16-14/h4-7H,1-3H3,(H,16,17,18). The van der Waals surface area contributed by atoms with Crippen LogP contribution >= 0.6 is 11.3 Å². The van der Waals surface area contributed by atoms with Gasteiger partial charge in [0.2, 0.25) is 0 Å².